The third-order valence-corrected chi connectivity index (χ3v) is 5.74. The molecule has 5 rings (SSSR count). The highest BCUT2D eigenvalue weighted by Crippen LogP contribution is 2.30. The van der Waals surface area contributed by atoms with Crippen molar-refractivity contribution in [2.24, 2.45) is 0 Å². The quantitative estimate of drug-likeness (QED) is 0.433. The summed E-state index contributed by atoms with van der Waals surface area (Å²) in [5.41, 5.74) is 5.57. The fraction of sp³-hybridized carbons (Fsp3) is 0.200. The van der Waals surface area contributed by atoms with E-state index in [0.717, 1.165) is 30.6 Å². The number of methoxy groups -OCH3 is 1. The molecule has 0 bridgehead atoms. The Labute approximate surface area is 190 Å². The fourth-order valence-corrected chi connectivity index (χ4v) is 4.11. The number of pyridine rings is 2. The fourth-order valence-electron chi connectivity index (χ4n) is 4.11. The Balaban J connectivity index is 1.58. The first-order valence-corrected chi connectivity index (χ1v) is 10.8. The normalized spacial score (nSPS) is 13.6. The van der Waals surface area contributed by atoms with E-state index in [1.54, 1.807) is 19.5 Å². The summed E-state index contributed by atoms with van der Waals surface area (Å²) in [4.78, 5) is 28.8. The molecule has 0 unspecified atom stereocenters. The third-order valence-electron chi connectivity index (χ3n) is 5.74. The number of H-pyrrole nitrogens is 1. The number of nitrogens with one attached hydrogen (secondary N) is 3. The summed E-state index contributed by atoms with van der Waals surface area (Å²) in [7, 11) is 1.54. The van der Waals surface area contributed by atoms with Crippen molar-refractivity contribution in [3.05, 3.63) is 76.5 Å². The van der Waals surface area contributed by atoms with Gasteiger partial charge in [-0.2, -0.15) is 0 Å². The van der Waals surface area contributed by atoms with Gasteiger partial charge < -0.3 is 20.4 Å². The molecule has 0 radical (unpaired) electrons. The molecule has 1 aliphatic heterocycles. The first-order chi connectivity index (χ1) is 16.1. The van der Waals surface area contributed by atoms with Gasteiger partial charge in [0, 0.05) is 18.4 Å². The van der Waals surface area contributed by atoms with Crippen LogP contribution < -0.4 is 20.9 Å². The first-order valence-electron chi connectivity index (χ1n) is 10.8. The topological polar surface area (TPSA) is 105 Å². The minimum absolute atomic E-state index is 0.209. The van der Waals surface area contributed by atoms with Crippen molar-refractivity contribution in [3.8, 4) is 17.3 Å². The van der Waals surface area contributed by atoms with Crippen LogP contribution in [0.5, 0.6) is 5.88 Å². The Morgan fingerprint density at radius 1 is 1.09 bits per heavy atom. The summed E-state index contributed by atoms with van der Waals surface area (Å²) in [6.07, 6.45) is 8.04. The number of nitrogens with zero attached hydrogens (tertiary/aromatic N) is 3. The van der Waals surface area contributed by atoms with Crippen LogP contribution in [-0.4, -0.2) is 40.1 Å². The standard InChI is InChI=1S/C25H24N6O2/c1-15-11-18(3-4-19(15)16-5-8-26-9-6-16)29-24-23-17(7-10-28-25(23)32)12-20(31-24)21-13-27-14-22(30-21)33-2/h3-5,7,10-14,26H,6,8-9H2,1-2H3,(H,28,32)(H,29,31). The molecule has 0 amide bonds. The van der Waals surface area contributed by atoms with Crippen LogP contribution in [0.3, 0.4) is 0 Å². The van der Waals surface area contributed by atoms with Crippen molar-refractivity contribution in [1.29, 1.82) is 0 Å². The molecule has 1 aromatic carbocycles. The molecule has 0 atom stereocenters. The summed E-state index contributed by atoms with van der Waals surface area (Å²) >= 11 is 0. The second-order valence-electron chi connectivity index (χ2n) is 7.91. The minimum Gasteiger partial charge on any atom is -0.480 e. The van der Waals surface area contributed by atoms with Gasteiger partial charge >= 0.3 is 0 Å². The molecule has 166 valence electrons. The molecule has 3 N–H and O–H groups in total. The number of rotatable bonds is 5. The van der Waals surface area contributed by atoms with Gasteiger partial charge in [0.05, 0.1) is 30.6 Å². The molecule has 4 heterocycles. The number of aromatic amines is 1. The van der Waals surface area contributed by atoms with E-state index in [1.807, 2.05) is 18.2 Å². The Morgan fingerprint density at radius 2 is 2.00 bits per heavy atom. The van der Waals surface area contributed by atoms with Gasteiger partial charge in [0.25, 0.3) is 5.56 Å². The predicted molar refractivity (Wildman–Crippen MR) is 130 cm³/mol. The first kappa shape index (κ1) is 20.8. The van der Waals surface area contributed by atoms with E-state index in [0.29, 0.717) is 28.5 Å². The van der Waals surface area contributed by atoms with Gasteiger partial charge in [-0.3, -0.25) is 9.78 Å². The Bertz CT molecular complexity index is 1430. The number of aryl methyl sites for hydroxylation is 1. The zero-order chi connectivity index (χ0) is 22.8. The highest BCUT2D eigenvalue weighted by atomic mass is 16.5. The molecule has 0 saturated heterocycles. The number of hydrogen-bond acceptors (Lipinski definition) is 7. The zero-order valence-corrected chi connectivity index (χ0v) is 18.5. The van der Waals surface area contributed by atoms with E-state index < -0.39 is 0 Å². The Hall–Kier alpha value is -4.04. The maximum Gasteiger partial charge on any atom is 0.259 e. The van der Waals surface area contributed by atoms with Crippen molar-refractivity contribution in [3.63, 3.8) is 0 Å². The molecule has 0 spiro atoms. The number of ether oxygens (including phenoxy) is 1. The minimum atomic E-state index is -0.209. The summed E-state index contributed by atoms with van der Waals surface area (Å²) in [6, 6.07) is 9.91. The summed E-state index contributed by atoms with van der Waals surface area (Å²) in [6.45, 7) is 3.99. The van der Waals surface area contributed by atoms with E-state index in [2.05, 4.69) is 50.7 Å². The molecular formula is C25H24N6O2. The van der Waals surface area contributed by atoms with E-state index in [1.165, 1.54) is 22.9 Å². The van der Waals surface area contributed by atoms with E-state index in [-0.39, 0.29) is 5.56 Å². The highest BCUT2D eigenvalue weighted by Gasteiger charge is 2.14. The van der Waals surface area contributed by atoms with Crippen LogP contribution in [0, 0.1) is 6.92 Å². The van der Waals surface area contributed by atoms with Gasteiger partial charge in [0.2, 0.25) is 5.88 Å². The smallest absolute Gasteiger partial charge is 0.259 e. The summed E-state index contributed by atoms with van der Waals surface area (Å²) in [5.74, 6) is 0.857. The van der Waals surface area contributed by atoms with E-state index in [9.17, 15) is 4.79 Å². The molecule has 1 aliphatic rings. The summed E-state index contributed by atoms with van der Waals surface area (Å²) < 4.78 is 5.20. The molecule has 8 nitrogen and oxygen atoms in total. The average Bonchev–Trinajstić information content (AvgIpc) is 2.84. The van der Waals surface area contributed by atoms with E-state index >= 15 is 0 Å². The SMILES string of the molecule is COc1cncc(-c2cc3cc[nH]c(=O)c3c(Nc3ccc(C4=CCNCC4)c(C)c3)n2)n1. The van der Waals surface area contributed by atoms with Gasteiger partial charge in [-0.1, -0.05) is 12.1 Å². The molecule has 4 aromatic rings. The van der Waals surface area contributed by atoms with Gasteiger partial charge in [-0.05, 0) is 66.2 Å². The lowest BCUT2D eigenvalue weighted by molar-refractivity contribution is 0.396. The second-order valence-corrected chi connectivity index (χ2v) is 7.91. The lowest BCUT2D eigenvalue weighted by Crippen LogP contribution is -2.20. The maximum absolute atomic E-state index is 12.7. The molecule has 3 aromatic heterocycles. The highest BCUT2D eigenvalue weighted by molar-refractivity contribution is 5.95. The van der Waals surface area contributed by atoms with E-state index in [4.69, 9.17) is 9.72 Å². The zero-order valence-electron chi connectivity index (χ0n) is 18.5. The number of fused-ring (bicyclic) bond motifs is 1. The van der Waals surface area contributed by atoms with Crippen LogP contribution in [0.1, 0.15) is 17.5 Å². The molecule has 33 heavy (non-hydrogen) atoms. The second kappa shape index (κ2) is 8.84. The Morgan fingerprint density at radius 3 is 2.79 bits per heavy atom. The maximum atomic E-state index is 12.7. The molecule has 8 heteroatoms. The van der Waals surface area contributed by atoms with Gasteiger partial charge in [0.15, 0.2) is 0 Å². The van der Waals surface area contributed by atoms with Crippen LogP contribution in [0.4, 0.5) is 11.5 Å². The molecular weight excluding hydrogens is 416 g/mol. The summed E-state index contributed by atoms with van der Waals surface area (Å²) in [5, 5.41) is 7.94. The lowest BCUT2D eigenvalue weighted by Gasteiger charge is -2.17. The monoisotopic (exact) mass is 440 g/mol. The Kier molecular flexibility index (Phi) is 5.58. The molecule has 0 fully saturated rings. The molecule has 0 aliphatic carbocycles. The van der Waals surface area contributed by atoms with Crippen LogP contribution in [-0.2, 0) is 0 Å². The lowest BCUT2D eigenvalue weighted by atomic mass is 9.96. The van der Waals surface area contributed by atoms with Crippen molar-refractivity contribution in [1.82, 2.24) is 25.3 Å². The average molecular weight is 441 g/mol. The largest absolute Gasteiger partial charge is 0.480 e. The van der Waals surface area contributed by atoms with Crippen molar-refractivity contribution >= 4 is 27.9 Å². The van der Waals surface area contributed by atoms with Gasteiger partial charge in [-0.25, -0.2) is 9.97 Å². The van der Waals surface area contributed by atoms with Crippen molar-refractivity contribution in [2.75, 3.05) is 25.5 Å². The van der Waals surface area contributed by atoms with Gasteiger partial charge in [0.1, 0.15) is 11.5 Å². The van der Waals surface area contributed by atoms with Crippen molar-refractivity contribution < 1.29 is 4.74 Å². The van der Waals surface area contributed by atoms with Crippen LogP contribution in [0.15, 0.2) is 59.8 Å². The number of hydrogen-bond donors (Lipinski definition) is 3. The van der Waals surface area contributed by atoms with Gasteiger partial charge in [-0.15, -0.1) is 0 Å². The number of anilines is 2. The third kappa shape index (κ3) is 4.20. The van der Waals surface area contributed by atoms with Crippen LogP contribution >= 0.6 is 0 Å². The predicted octanol–water partition coefficient (Wildman–Crippen LogP) is 3.82. The molecule has 0 saturated carbocycles. The van der Waals surface area contributed by atoms with Crippen LogP contribution in [0.25, 0.3) is 27.7 Å². The number of aromatic nitrogens is 4. The van der Waals surface area contributed by atoms with Crippen molar-refractivity contribution in [2.45, 2.75) is 13.3 Å². The van der Waals surface area contributed by atoms with Crippen LogP contribution in [0.2, 0.25) is 0 Å². The number of benzene rings is 1.